The number of nitrogens with one attached hydrogen (secondary N) is 1. The van der Waals surface area contributed by atoms with Crippen LogP contribution in [-0.2, 0) is 0 Å². The summed E-state index contributed by atoms with van der Waals surface area (Å²) in [6.45, 7) is 3.34. The summed E-state index contributed by atoms with van der Waals surface area (Å²) < 4.78 is 5.40. The number of hydrogen-bond donors (Lipinski definition) is 1. The second-order valence-corrected chi connectivity index (χ2v) is 8.73. The Morgan fingerprint density at radius 2 is 2.00 bits per heavy atom. The third-order valence-corrected chi connectivity index (χ3v) is 7.03. The van der Waals surface area contributed by atoms with Crippen molar-refractivity contribution in [1.29, 1.82) is 0 Å². The van der Waals surface area contributed by atoms with Crippen LogP contribution in [0, 0.1) is 6.92 Å². The number of nitrogens with zero attached hydrogens (tertiary/aromatic N) is 4. The number of ether oxygens (including phenoxy) is 1. The first-order valence-corrected chi connectivity index (χ1v) is 11.1. The number of fused-ring (bicyclic) bond motifs is 1. The molecule has 4 aromatic rings. The number of aromatic amines is 1. The zero-order valence-corrected chi connectivity index (χ0v) is 18.3. The average molecular weight is 434 g/mol. The minimum absolute atomic E-state index is 0.0521. The number of carbonyl (C=O) groups is 1. The molecule has 5 rings (SSSR count). The van der Waals surface area contributed by atoms with E-state index in [9.17, 15) is 4.79 Å². The first-order chi connectivity index (χ1) is 15.1. The van der Waals surface area contributed by atoms with Gasteiger partial charge in [0, 0.05) is 42.6 Å². The average Bonchev–Trinajstić information content (AvgIpc) is 3.42. The van der Waals surface area contributed by atoms with Crippen molar-refractivity contribution >= 4 is 28.1 Å². The van der Waals surface area contributed by atoms with Crippen molar-refractivity contribution in [2.45, 2.75) is 25.7 Å². The predicted molar refractivity (Wildman–Crippen MR) is 121 cm³/mol. The van der Waals surface area contributed by atoms with E-state index in [1.54, 1.807) is 25.6 Å². The van der Waals surface area contributed by atoms with Crippen LogP contribution in [0.1, 0.15) is 39.7 Å². The first-order valence-electron chi connectivity index (χ1n) is 10.3. The number of benzene rings is 1. The van der Waals surface area contributed by atoms with E-state index in [1.807, 2.05) is 17.9 Å². The fourth-order valence-electron chi connectivity index (χ4n) is 4.22. The van der Waals surface area contributed by atoms with Gasteiger partial charge in [-0.25, -0.2) is 15.0 Å². The number of carbonyl (C=O) groups excluding carboxylic acids is 1. The maximum Gasteiger partial charge on any atom is 0.265 e. The topological polar surface area (TPSA) is 84.0 Å². The monoisotopic (exact) mass is 433 g/mol. The number of thiazole rings is 1. The Morgan fingerprint density at radius 3 is 2.74 bits per heavy atom. The molecule has 1 amide bonds. The molecule has 0 radical (unpaired) electrons. The van der Waals surface area contributed by atoms with Gasteiger partial charge in [-0.15, -0.1) is 11.3 Å². The SMILES string of the molecule is COc1ccc2[nH]cc(C3CCN(C(=O)c4sc(-c5ncccn5)nc4C)CC3)c2c1. The molecule has 1 fully saturated rings. The largest absolute Gasteiger partial charge is 0.497 e. The highest BCUT2D eigenvalue weighted by atomic mass is 32.1. The summed E-state index contributed by atoms with van der Waals surface area (Å²) in [6, 6.07) is 7.88. The molecule has 0 unspecified atom stereocenters. The number of amides is 1. The van der Waals surface area contributed by atoms with Crippen molar-refractivity contribution in [3.05, 3.63) is 59.0 Å². The van der Waals surface area contributed by atoms with E-state index in [2.05, 4.69) is 38.3 Å². The number of aromatic nitrogens is 4. The lowest BCUT2D eigenvalue weighted by Gasteiger charge is -2.31. The standard InChI is InChI=1S/C23H23N5O2S/c1-14-20(31-22(27-14)21-24-8-3-9-25-21)23(29)28-10-6-15(7-11-28)18-13-26-19-5-4-16(30-2)12-17(18)19/h3-5,8-9,12-13,15,26H,6-7,10-11H2,1-2H3. The van der Waals surface area contributed by atoms with E-state index in [0.717, 1.165) is 42.9 Å². The number of rotatable bonds is 4. The van der Waals surface area contributed by atoms with Crippen molar-refractivity contribution in [2.24, 2.45) is 0 Å². The van der Waals surface area contributed by atoms with Crippen molar-refractivity contribution in [3.8, 4) is 16.6 Å². The highest BCUT2D eigenvalue weighted by Gasteiger charge is 2.28. The summed E-state index contributed by atoms with van der Waals surface area (Å²) in [7, 11) is 1.69. The number of H-pyrrole nitrogens is 1. The molecule has 4 heterocycles. The van der Waals surface area contributed by atoms with Gasteiger partial charge in [0.05, 0.1) is 12.8 Å². The number of piperidine rings is 1. The van der Waals surface area contributed by atoms with E-state index >= 15 is 0 Å². The Kier molecular flexibility index (Phi) is 5.15. The third kappa shape index (κ3) is 3.67. The van der Waals surface area contributed by atoms with Crippen molar-refractivity contribution in [1.82, 2.24) is 24.8 Å². The van der Waals surface area contributed by atoms with Crippen LogP contribution in [0.25, 0.3) is 21.7 Å². The molecule has 0 aliphatic carbocycles. The van der Waals surface area contributed by atoms with Crippen LogP contribution in [0.2, 0.25) is 0 Å². The fraction of sp³-hybridized carbons (Fsp3) is 0.304. The summed E-state index contributed by atoms with van der Waals surface area (Å²) >= 11 is 1.37. The molecule has 1 aromatic carbocycles. The molecule has 8 heteroatoms. The van der Waals surface area contributed by atoms with E-state index in [-0.39, 0.29) is 5.91 Å². The summed E-state index contributed by atoms with van der Waals surface area (Å²) in [5.74, 6) is 1.89. The molecule has 1 aliphatic heterocycles. The molecular formula is C23H23N5O2S. The Balaban J connectivity index is 1.31. The Bertz CT molecular complexity index is 1230. The number of methoxy groups -OCH3 is 1. The van der Waals surface area contributed by atoms with Gasteiger partial charge < -0.3 is 14.6 Å². The molecule has 7 nitrogen and oxygen atoms in total. The minimum atomic E-state index is 0.0521. The molecule has 1 saturated heterocycles. The molecule has 1 N–H and O–H groups in total. The smallest absolute Gasteiger partial charge is 0.265 e. The van der Waals surface area contributed by atoms with Crippen LogP contribution in [-0.4, -0.2) is 50.9 Å². The summed E-state index contributed by atoms with van der Waals surface area (Å²) in [5, 5.41) is 1.89. The molecule has 0 spiro atoms. The lowest BCUT2D eigenvalue weighted by Crippen LogP contribution is -2.37. The Morgan fingerprint density at radius 1 is 1.23 bits per heavy atom. The highest BCUT2D eigenvalue weighted by Crippen LogP contribution is 2.35. The summed E-state index contributed by atoms with van der Waals surface area (Å²) in [6.07, 6.45) is 7.34. The van der Waals surface area contributed by atoms with Crippen LogP contribution >= 0.6 is 11.3 Å². The second kappa shape index (κ2) is 8.11. The van der Waals surface area contributed by atoms with Gasteiger partial charge in [0.2, 0.25) is 0 Å². The van der Waals surface area contributed by atoms with Gasteiger partial charge in [0.1, 0.15) is 10.6 Å². The summed E-state index contributed by atoms with van der Waals surface area (Å²) in [4.78, 5) is 32.2. The lowest BCUT2D eigenvalue weighted by molar-refractivity contribution is 0.0717. The van der Waals surface area contributed by atoms with Crippen molar-refractivity contribution < 1.29 is 9.53 Å². The Labute approximate surface area is 184 Å². The van der Waals surface area contributed by atoms with Gasteiger partial charge in [-0.1, -0.05) is 0 Å². The molecule has 3 aromatic heterocycles. The maximum absolute atomic E-state index is 13.2. The molecule has 31 heavy (non-hydrogen) atoms. The molecule has 1 aliphatic rings. The first kappa shape index (κ1) is 19.7. The van der Waals surface area contributed by atoms with E-state index in [1.165, 1.54) is 22.3 Å². The third-order valence-electron chi connectivity index (χ3n) is 5.89. The zero-order valence-electron chi connectivity index (χ0n) is 17.5. The Hall–Kier alpha value is -3.26. The van der Waals surface area contributed by atoms with Gasteiger partial charge in [-0.05, 0) is 55.5 Å². The molecular weight excluding hydrogens is 410 g/mol. The van der Waals surface area contributed by atoms with E-state index < -0.39 is 0 Å². The van der Waals surface area contributed by atoms with Crippen LogP contribution in [0.3, 0.4) is 0 Å². The van der Waals surface area contributed by atoms with Crippen LogP contribution in [0.15, 0.2) is 42.9 Å². The second-order valence-electron chi connectivity index (χ2n) is 7.73. The number of hydrogen-bond acceptors (Lipinski definition) is 6. The van der Waals surface area contributed by atoms with Crippen LogP contribution in [0.4, 0.5) is 0 Å². The molecule has 0 saturated carbocycles. The molecule has 0 bridgehead atoms. The van der Waals surface area contributed by atoms with E-state index in [0.29, 0.717) is 21.6 Å². The highest BCUT2D eigenvalue weighted by molar-refractivity contribution is 7.17. The fourth-order valence-corrected chi connectivity index (χ4v) is 5.21. The summed E-state index contributed by atoms with van der Waals surface area (Å²) in [5.41, 5.74) is 3.16. The number of aryl methyl sites for hydroxylation is 1. The quantitative estimate of drug-likeness (QED) is 0.515. The molecule has 158 valence electrons. The van der Waals surface area contributed by atoms with Gasteiger partial charge in [-0.2, -0.15) is 0 Å². The van der Waals surface area contributed by atoms with E-state index in [4.69, 9.17) is 4.74 Å². The van der Waals surface area contributed by atoms with Gasteiger partial charge >= 0.3 is 0 Å². The van der Waals surface area contributed by atoms with Gasteiger partial charge in [0.15, 0.2) is 10.8 Å². The van der Waals surface area contributed by atoms with Gasteiger partial charge in [-0.3, -0.25) is 4.79 Å². The van der Waals surface area contributed by atoms with Crippen molar-refractivity contribution in [3.63, 3.8) is 0 Å². The normalized spacial score (nSPS) is 14.8. The maximum atomic E-state index is 13.2. The van der Waals surface area contributed by atoms with Crippen LogP contribution in [0.5, 0.6) is 5.75 Å². The van der Waals surface area contributed by atoms with Crippen molar-refractivity contribution in [2.75, 3.05) is 20.2 Å². The lowest BCUT2D eigenvalue weighted by atomic mass is 9.89. The predicted octanol–water partition coefficient (Wildman–Crippen LogP) is 4.42. The van der Waals surface area contributed by atoms with Gasteiger partial charge in [0.25, 0.3) is 5.91 Å². The minimum Gasteiger partial charge on any atom is -0.497 e. The molecule has 0 atom stereocenters. The number of likely N-dealkylation sites (tertiary alicyclic amines) is 1. The zero-order chi connectivity index (χ0) is 21.4. The van der Waals surface area contributed by atoms with Crippen LogP contribution < -0.4 is 4.74 Å².